The SMILES string of the molecule is O=C(NCc1nncn1C1CC1)N[C@H](c1ccccc1)C(F)(F)F. The number of amides is 2. The van der Waals surface area contributed by atoms with Crippen LogP contribution in [0.1, 0.15) is 36.3 Å². The molecule has 2 amide bonds. The fourth-order valence-electron chi connectivity index (χ4n) is 2.39. The first kappa shape index (κ1) is 16.3. The van der Waals surface area contributed by atoms with Crippen LogP contribution in [-0.4, -0.2) is 27.0 Å². The van der Waals surface area contributed by atoms with Crippen LogP contribution in [0.3, 0.4) is 0 Å². The Labute approximate surface area is 136 Å². The van der Waals surface area contributed by atoms with Crippen molar-refractivity contribution in [2.24, 2.45) is 0 Å². The van der Waals surface area contributed by atoms with E-state index in [1.807, 2.05) is 9.88 Å². The van der Waals surface area contributed by atoms with Crippen molar-refractivity contribution in [1.82, 2.24) is 25.4 Å². The second-order valence-electron chi connectivity index (χ2n) is 5.60. The number of nitrogens with zero attached hydrogens (tertiary/aromatic N) is 3. The molecule has 0 spiro atoms. The molecule has 1 atom stereocenters. The van der Waals surface area contributed by atoms with Gasteiger partial charge in [-0.3, -0.25) is 0 Å². The minimum absolute atomic E-state index is 0.0156. The fourth-order valence-corrected chi connectivity index (χ4v) is 2.39. The average molecular weight is 339 g/mol. The van der Waals surface area contributed by atoms with Gasteiger partial charge in [0.2, 0.25) is 0 Å². The van der Waals surface area contributed by atoms with E-state index >= 15 is 0 Å². The Bertz CT molecular complexity index is 697. The number of benzene rings is 1. The number of urea groups is 1. The Hall–Kier alpha value is -2.58. The number of aromatic nitrogens is 3. The van der Waals surface area contributed by atoms with Crippen LogP contribution in [0.15, 0.2) is 36.7 Å². The normalized spacial score (nSPS) is 15.8. The van der Waals surface area contributed by atoms with E-state index < -0.39 is 18.2 Å². The summed E-state index contributed by atoms with van der Waals surface area (Å²) in [6, 6.07) is 4.59. The molecular formula is C15H16F3N5O. The molecule has 0 saturated heterocycles. The van der Waals surface area contributed by atoms with Gasteiger partial charge in [-0.25, -0.2) is 4.79 Å². The fraction of sp³-hybridized carbons (Fsp3) is 0.400. The predicted octanol–water partition coefficient (Wildman–Crippen LogP) is 2.72. The predicted molar refractivity (Wildman–Crippen MR) is 78.9 cm³/mol. The van der Waals surface area contributed by atoms with Crippen LogP contribution in [0.5, 0.6) is 0 Å². The lowest BCUT2D eigenvalue weighted by atomic mass is 10.1. The molecule has 2 aromatic rings. The Morgan fingerprint density at radius 2 is 2.00 bits per heavy atom. The molecule has 1 heterocycles. The lowest BCUT2D eigenvalue weighted by molar-refractivity contribution is -0.154. The van der Waals surface area contributed by atoms with E-state index in [0.29, 0.717) is 11.9 Å². The number of carbonyl (C=O) groups is 1. The van der Waals surface area contributed by atoms with Crippen molar-refractivity contribution < 1.29 is 18.0 Å². The van der Waals surface area contributed by atoms with Crippen molar-refractivity contribution in [2.45, 2.75) is 37.6 Å². The van der Waals surface area contributed by atoms with Crippen LogP contribution in [0, 0.1) is 0 Å². The Kier molecular flexibility index (Phi) is 4.41. The minimum atomic E-state index is -4.59. The molecule has 0 unspecified atom stereocenters. The number of rotatable bonds is 5. The maximum Gasteiger partial charge on any atom is 0.412 e. The van der Waals surface area contributed by atoms with Crippen LogP contribution in [-0.2, 0) is 6.54 Å². The third-order valence-corrected chi connectivity index (χ3v) is 3.73. The van der Waals surface area contributed by atoms with E-state index in [2.05, 4.69) is 15.5 Å². The second-order valence-corrected chi connectivity index (χ2v) is 5.60. The monoisotopic (exact) mass is 339 g/mol. The highest BCUT2D eigenvalue weighted by Crippen LogP contribution is 2.35. The molecule has 6 nitrogen and oxygen atoms in total. The zero-order valence-electron chi connectivity index (χ0n) is 12.6. The standard InChI is InChI=1S/C15H16F3N5O/c16-15(17,18)13(10-4-2-1-3-5-10)21-14(24)19-8-12-22-20-9-23(12)11-6-7-11/h1-5,9,11,13H,6-8H2,(H2,19,21,24)/t13-/m1/s1. The van der Waals surface area contributed by atoms with Gasteiger partial charge in [0, 0.05) is 6.04 Å². The quantitative estimate of drug-likeness (QED) is 0.880. The highest BCUT2D eigenvalue weighted by atomic mass is 19.4. The molecule has 1 aliphatic rings. The van der Waals surface area contributed by atoms with E-state index in [9.17, 15) is 18.0 Å². The molecule has 1 aromatic heterocycles. The number of hydrogen-bond acceptors (Lipinski definition) is 3. The zero-order valence-corrected chi connectivity index (χ0v) is 12.6. The lowest BCUT2D eigenvalue weighted by Gasteiger charge is -2.22. The van der Waals surface area contributed by atoms with Gasteiger partial charge in [-0.15, -0.1) is 10.2 Å². The van der Waals surface area contributed by atoms with Gasteiger partial charge in [0.15, 0.2) is 11.9 Å². The smallest absolute Gasteiger partial charge is 0.331 e. The largest absolute Gasteiger partial charge is 0.412 e. The summed E-state index contributed by atoms with van der Waals surface area (Å²) in [6.07, 6.45) is -0.995. The van der Waals surface area contributed by atoms with Gasteiger partial charge in [-0.1, -0.05) is 30.3 Å². The van der Waals surface area contributed by atoms with Crippen LogP contribution >= 0.6 is 0 Å². The topological polar surface area (TPSA) is 71.8 Å². The number of hydrogen-bond donors (Lipinski definition) is 2. The second kappa shape index (κ2) is 6.50. The number of halogens is 3. The van der Waals surface area contributed by atoms with Crippen molar-refractivity contribution >= 4 is 6.03 Å². The van der Waals surface area contributed by atoms with E-state index in [1.165, 1.54) is 24.3 Å². The highest BCUT2D eigenvalue weighted by molar-refractivity contribution is 5.74. The first-order valence-electron chi connectivity index (χ1n) is 7.49. The van der Waals surface area contributed by atoms with Crippen molar-refractivity contribution in [2.75, 3.05) is 0 Å². The van der Waals surface area contributed by atoms with Crippen LogP contribution in [0.2, 0.25) is 0 Å². The van der Waals surface area contributed by atoms with Crippen molar-refractivity contribution in [3.63, 3.8) is 0 Å². The van der Waals surface area contributed by atoms with Crippen molar-refractivity contribution in [3.8, 4) is 0 Å². The molecule has 24 heavy (non-hydrogen) atoms. The van der Waals surface area contributed by atoms with Crippen LogP contribution in [0.4, 0.5) is 18.0 Å². The lowest BCUT2D eigenvalue weighted by Crippen LogP contribution is -2.43. The molecule has 0 bridgehead atoms. The van der Waals surface area contributed by atoms with Gasteiger partial charge >= 0.3 is 12.2 Å². The van der Waals surface area contributed by atoms with Gasteiger partial charge in [0.25, 0.3) is 0 Å². The Balaban J connectivity index is 1.62. The van der Waals surface area contributed by atoms with E-state index in [0.717, 1.165) is 12.8 Å². The van der Waals surface area contributed by atoms with E-state index in [-0.39, 0.29) is 12.1 Å². The summed E-state index contributed by atoms with van der Waals surface area (Å²) in [5.41, 5.74) is -0.0266. The highest BCUT2D eigenvalue weighted by Gasteiger charge is 2.41. The summed E-state index contributed by atoms with van der Waals surface area (Å²) < 4.78 is 41.4. The third kappa shape index (κ3) is 3.84. The average Bonchev–Trinajstić information content (AvgIpc) is 3.28. The summed E-state index contributed by atoms with van der Waals surface area (Å²) >= 11 is 0. The molecule has 1 aromatic carbocycles. The maximum atomic E-state index is 13.2. The molecule has 3 rings (SSSR count). The summed E-state index contributed by atoms with van der Waals surface area (Å²) in [5, 5.41) is 12.0. The van der Waals surface area contributed by atoms with Gasteiger partial charge in [0.05, 0.1) is 6.54 Å². The molecule has 2 N–H and O–H groups in total. The molecule has 1 saturated carbocycles. The zero-order chi connectivity index (χ0) is 17.2. The molecule has 1 aliphatic carbocycles. The van der Waals surface area contributed by atoms with Gasteiger partial charge < -0.3 is 15.2 Å². The number of nitrogens with one attached hydrogen (secondary N) is 2. The number of carbonyl (C=O) groups excluding carboxylic acids is 1. The summed E-state index contributed by atoms with van der Waals surface area (Å²) in [7, 11) is 0. The van der Waals surface area contributed by atoms with Crippen LogP contribution < -0.4 is 10.6 Å². The molecule has 128 valence electrons. The first-order chi connectivity index (χ1) is 11.4. The summed E-state index contributed by atoms with van der Waals surface area (Å²) in [6.45, 7) is 0.0156. The molecule has 0 radical (unpaired) electrons. The minimum Gasteiger partial charge on any atom is -0.331 e. The van der Waals surface area contributed by atoms with Crippen molar-refractivity contribution in [3.05, 3.63) is 48.0 Å². The van der Waals surface area contributed by atoms with Gasteiger partial charge in [0.1, 0.15) is 6.33 Å². The molecular weight excluding hydrogens is 323 g/mol. The summed E-state index contributed by atoms with van der Waals surface area (Å²) in [4.78, 5) is 11.9. The van der Waals surface area contributed by atoms with Gasteiger partial charge in [-0.2, -0.15) is 13.2 Å². The molecule has 1 fully saturated rings. The van der Waals surface area contributed by atoms with Crippen molar-refractivity contribution in [1.29, 1.82) is 0 Å². The Morgan fingerprint density at radius 1 is 1.29 bits per heavy atom. The number of alkyl halides is 3. The third-order valence-electron chi connectivity index (χ3n) is 3.73. The maximum absolute atomic E-state index is 13.2. The van der Waals surface area contributed by atoms with E-state index in [4.69, 9.17) is 0 Å². The molecule has 9 heteroatoms. The van der Waals surface area contributed by atoms with E-state index in [1.54, 1.807) is 12.4 Å². The Morgan fingerprint density at radius 3 is 2.62 bits per heavy atom. The molecule has 0 aliphatic heterocycles. The first-order valence-corrected chi connectivity index (χ1v) is 7.49. The summed E-state index contributed by atoms with van der Waals surface area (Å²) in [5.74, 6) is 0.524. The van der Waals surface area contributed by atoms with Gasteiger partial charge in [-0.05, 0) is 18.4 Å². The van der Waals surface area contributed by atoms with Crippen LogP contribution in [0.25, 0.3) is 0 Å².